The minimum absolute atomic E-state index is 0.964. The van der Waals surface area contributed by atoms with Crippen LogP contribution in [0.5, 0.6) is 0 Å². The molecule has 2 heteroatoms. The van der Waals surface area contributed by atoms with Crippen molar-refractivity contribution in [3.05, 3.63) is 60.8 Å². The summed E-state index contributed by atoms with van der Waals surface area (Å²) in [5, 5.41) is 3.83. The van der Waals surface area contributed by atoms with Crippen molar-refractivity contribution in [2.24, 2.45) is 0 Å². The summed E-state index contributed by atoms with van der Waals surface area (Å²) in [7, 11) is 0. The van der Waals surface area contributed by atoms with Gasteiger partial charge in [0.25, 0.3) is 0 Å². The van der Waals surface area contributed by atoms with Crippen LogP contribution in [0.25, 0.3) is 44.2 Å². The lowest BCUT2D eigenvalue weighted by Crippen LogP contribution is -2.34. The topological polar surface area (TPSA) is 16.8 Å². The van der Waals surface area contributed by atoms with Crippen LogP contribution in [0, 0.1) is 0 Å². The second-order valence-corrected chi connectivity index (χ2v) is 5.76. The van der Waals surface area contributed by atoms with Crippen molar-refractivity contribution in [3.8, 4) is 22.5 Å². The first kappa shape index (κ1) is 11.9. The number of fused-ring (bicyclic) bond motifs is 5. The quantitative estimate of drug-likeness (QED) is 0.330. The van der Waals surface area contributed by atoms with E-state index in [-0.39, 0.29) is 0 Å². The van der Waals surface area contributed by atoms with Crippen LogP contribution in [0.15, 0.2) is 60.8 Å². The van der Waals surface area contributed by atoms with Gasteiger partial charge in [0.1, 0.15) is 6.54 Å². The molecule has 104 valence electrons. The number of nitrogens with zero attached hydrogens (tertiary/aromatic N) is 2. The Morgan fingerprint density at radius 1 is 0.864 bits per heavy atom. The maximum absolute atomic E-state index is 4.98. The summed E-state index contributed by atoms with van der Waals surface area (Å²) in [5.41, 5.74) is 6.06. The maximum atomic E-state index is 4.98. The van der Waals surface area contributed by atoms with Crippen LogP contribution in [0.3, 0.4) is 0 Å². The molecule has 0 bridgehead atoms. The molecule has 0 N–H and O–H groups in total. The summed E-state index contributed by atoms with van der Waals surface area (Å²) in [4.78, 5) is 4.98. The fourth-order valence-corrected chi connectivity index (χ4v) is 3.68. The smallest absolute Gasteiger partial charge is 0.223 e. The molecule has 0 fully saturated rings. The van der Waals surface area contributed by atoms with Gasteiger partial charge in [-0.1, -0.05) is 36.4 Å². The lowest BCUT2D eigenvalue weighted by atomic mass is 10.1. The minimum atomic E-state index is 0.964. The summed E-state index contributed by atoms with van der Waals surface area (Å²) in [5.74, 6) is 0. The number of aryl methyl sites for hydroxylation is 1. The van der Waals surface area contributed by atoms with Gasteiger partial charge >= 0.3 is 0 Å². The standard InChI is InChI=1S/C20H15N2/c1-2-22-12-11-14-13-7-5-6-10-17(13)21-19-15-8-3-4-9-16(15)20(22)18(14)19/h3-12H,2H2,1H3/q+1. The van der Waals surface area contributed by atoms with E-state index in [0.717, 1.165) is 17.8 Å². The third-order valence-electron chi connectivity index (χ3n) is 4.66. The van der Waals surface area contributed by atoms with Crippen LogP contribution in [0.1, 0.15) is 6.92 Å². The Kier molecular flexibility index (Phi) is 2.23. The first-order valence-electron chi connectivity index (χ1n) is 7.73. The van der Waals surface area contributed by atoms with Crippen LogP contribution >= 0.6 is 0 Å². The number of rotatable bonds is 1. The normalized spacial score (nSPS) is 12.0. The van der Waals surface area contributed by atoms with E-state index >= 15 is 0 Å². The minimum Gasteiger partial charge on any atom is -0.247 e. The molecular weight excluding hydrogens is 268 g/mol. The van der Waals surface area contributed by atoms with Gasteiger partial charge in [-0.25, -0.2) is 4.98 Å². The molecule has 0 unspecified atom stereocenters. The van der Waals surface area contributed by atoms with E-state index in [1.165, 1.54) is 33.0 Å². The van der Waals surface area contributed by atoms with Crippen molar-refractivity contribution in [2.45, 2.75) is 13.5 Å². The molecule has 4 aromatic rings. The van der Waals surface area contributed by atoms with Crippen LogP contribution in [0.2, 0.25) is 0 Å². The van der Waals surface area contributed by atoms with Crippen LogP contribution in [-0.2, 0) is 6.54 Å². The van der Waals surface area contributed by atoms with Crippen molar-refractivity contribution < 1.29 is 4.57 Å². The van der Waals surface area contributed by atoms with Crippen molar-refractivity contribution in [3.63, 3.8) is 0 Å². The van der Waals surface area contributed by atoms with Gasteiger partial charge < -0.3 is 0 Å². The zero-order valence-corrected chi connectivity index (χ0v) is 12.4. The molecule has 0 aliphatic heterocycles. The Bertz CT molecular complexity index is 1060. The van der Waals surface area contributed by atoms with Gasteiger partial charge in [-0.3, -0.25) is 0 Å². The van der Waals surface area contributed by atoms with E-state index in [4.69, 9.17) is 4.98 Å². The van der Waals surface area contributed by atoms with Crippen molar-refractivity contribution in [2.75, 3.05) is 0 Å². The number of para-hydroxylation sites is 1. The summed E-state index contributed by atoms with van der Waals surface area (Å²) < 4.78 is 2.33. The van der Waals surface area contributed by atoms with E-state index in [9.17, 15) is 0 Å². The average molecular weight is 283 g/mol. The fourth-order valence-electron chi connectivity index (χ4n) is 3.68. The van der Waals surface area contributed by atoms with E-state index in [1.54, 1.807) is 0 Å². The molecule has 0 spiro atoms. The highest BCUT2D eigenvalue weighted by molar-refractivity contribution is 6.19. The molecule has 2 nitrogen and oxygen atoms in total. The van der Waals surface area contributed by atoms with E-state index in [1.807, 2.05) is 0 Å². The number of hydrogen-bond acceptors (Lipinski definition) is 1. The lowest BCUT2D eigenvalue weighted by Gasteiger charge is -2.05. The maximum Gasteiger partial charge on any atom is 0.223 e. The van der Waals surface area contributed by atoms with Crippen molar-refractivity contribution in [1.82, 2.24) is 4.98 Å². The van der Waals surface area contributed by atoms with Crippen LogP contribution in [0.4, 0.5) is 0 Å². The third kappa shape index (κ3) is 1.34. The van der Waals surface area contributed by atoms with Gasteiger partial charge in [0.05, 0.1) is 22.2 Å². The number of aromatic nitrogens is 2. The highest BCUT2D eigenvalue weighted by Crippen LogP contribution is 2.45. The Morgan fingerprint density at radius 3 is 2.50 bits per heavy atom. The molecule has 5 rings (SSSR count). The van der Waals surface area contributed by atoms with Gasteiger partial charge in [0.2, 0.25) is 5.69 Å². The first-order valence-corrected chi connectivity index (χ1v) is 7.73. The van der Waals surface area contributed by atoms with E-state index in [0.29, 0.717) is 0 Å². The molecule has 0 saturated carbocycles. The monoisotopic (exact) mass is 283 g/mol. The third-order valence-corrected chi connectivity index (χ3v) is 4.66. The second-order valence-electron chi connectivity index (χ2n) is 5.76. The molecule has 0 radical (unpaired) electrons. The van der Waals surface area contributed by atoms with Gasteiger partial charge in [0, 0.05) is 22.4 Å². The molecule has 22 heavy (non-hydrogen) atoms. The van der Waals surface area contributed by atoms with Crippen molar-refractivity contribution in [1.29, 1.82) is 0 Å². The number of pyridine rings is 2. The summed E-state index contributed by atoms with van der Waals surface area (Å²) >= 11 is 0. The van der Waals surface area contributed by atoms with Gasteiger partial charge in [-0.15, -0.1) is 0 Å². The van der Waals surface area contributed by atoms with Gasteiger partial charge in [-0.05, 0) is 19.1 Å². The zero-order valence-electron chi connectivity index (χ0n) is 12.4. The highest BCUT2D eigenvalue weighted by atomic mass is 15.0. The largest absolute Gasteiger partial charge is 0.247 e. The fraction of sp³-hybridized carbons (Fsp3) is 0.100. The molecular formula is C20H15N2+. The van der Waals surface area contributed by atoms with Crippen LogP contribution in [-0.4, -0.2) is 4.98 Å². The van der Waals surface area contributed by atoms with Gasteiger partial charge in [-0.2, -0.15) is 4.57 Å². The molecule has 1 aliphatic carbocycles. The average Bonchev–Trinajstić information content (AvgIpc) is 2.91. The highest BCUT2D eigenvalue weighted by Gasteiger charge is 2.30. The second kappa shape index (κ2) is 4.14. The molecule has 0 atom stereocenters. The SMILES string of the molecule is CC[n+]1ccc2c3c(nc4ccccc42)-c2ccccc2-c31. The summed E-state index contributed by atoms with van der Waals surface area (Å²) in [6.45, 7) is 3.16. The first-order chi connectivity index (χ1) is 10.9. The van der Waals surface area contributed by atoms with Crippen molar-refractivity contribution >= 4 is 21.7 Å². The van der Waals surface area contributed by atoms with Gasteiger partial charge in [0.15, 0.2) is 6.20 Å². The predicted molar refractivity (Wildman–Crippen MR) is 89.5 cm³/mol. The molecule has 0 amide bonds. The summed E-state index contributed by atoms with van der Waals surface area (Å²) in [6, 6.07) is 19.3. The molecule has 2 aromatic heterocycles. The Labute approximate surface area is 128 Å². The van der Waals surface area contributed by atoms with Crippen LogP contribution < -0.4 is 4.57 Å². The van der Waals surface area contributed by atoms with E-state index < -0.39 is 0 Å². The lowest BCUT2D eigenvalue weighted by molar-refractivity contribution is -0.681. The molecule has 0 saturated heterocycles. The molecule has 1 aliphatic rings. The van der Waals surface area contributed by atoms with E-state index in [2.05, 4.69) is 72.3 Å². The number of benzene rings is 2. The summed E-state index contributed by atoms with van der Waals surface area (Å²) in [6.07, 6.45) is 2.20. The zero-order chi connectivity index (χ0) is 14.7. The Hall–Kier alpha value is -2.74. The Balaban J connectivity index is 2.10. The molecule has 2 heterocycles. The number of hydrogen-bond donors (Lipinski definition) is 0. The molecule has 2 aromatic carbocycles. The predicted octanol–water partition coefficient (Wildman–Crippen LogP) is 4.34. The Morgan fingerprint density at radius 2 is 1.64 bits per heavy atom.